The lowest BCUT2D eigenvalue weighted by atomic mass is 9.70. The Labute approximate surface area is 180 Å². The first-order valence-electron chi connectivity index (χ1n) is 9.79. The number of benzene rings is 3. The normalized spacial score (nSPS) is 18.2. The van der Waals surface area contributed by atoms with Crippen LogP contribution < -0.4 is 11.1 Å². The van der Waals surface area contributed by atoms with E-state index in [4.69, 9.17) is 10.5 Å². The summed E-state index contributed by atoms with van der Waals surface area (Å²) in [6.45, 7) is 0. The summed E-state index contributed by atoms with van der Waals surface area (Å²) in [5, 5.41) is 13.3. The summed E-state index contributed by atoms with van der Waals surface area (Å²) in [7, 11) is 1.32. The lowest BCUT2D eigenvalue weighted by molar-refractivity contribution is -0.143. The molecule has 0 saturated carbocycles. The van der Waals surface area contributed by atoms with Crippen LogP contribution in [0.25, 0.3) is 5.57 Å². The zero-order valence-corrected chi connectivity index (χ0v) is 16.9. The summed E-state index contributed by atoms with van der Waals surface area (Å²) in [5.74, 6) is -1.88. The Morgan fingerprint density at radius 2 is 1.61 bits per heavy atom. The fourth-order valence-corrected chi connectivity index (χ4v) is 4.16. The minimum atomic E-state index is -1.16. The van der Waals surface area contributed by atoms with E-state index in [1.165, 1.54) is 19.2 Å². The van der Waals surface area contributed by atoms with Crippen molar-refractivity contribution in [3.63, 3.8) is 0 Å². The maximum absolute atomic E-state index is 13.2. The maximum atomic E-state index is 13.2. The van der Waals surface area contributed by atoms with Gasteiger partial charge in [0, 0.05) is 16.8 Å². The molecule has 31 heavy (non-hydrogen) atoms. The third-order valence-corrected chi connectivity index (χ3v) is 5.57. The number of amides is 1. The van der Waals surface area contributed by atoms with Crippen LogP contribution in [0.1, 0.15) is 22.6 Å². The smallest absolute Gasteiger partial charge is 0.316 e. The Kier molecular flexibility index (Phi) is 5.21. The molecule has 0 saturated heterocycles. The van der Waals surface area contributed by atoms with Crippen molar-refractivity contribution in [1.29, 1.82) is 0 Å². The predicted molar refractivity (Wildman–Crippen MR) is 118 cm³/mol. The molecule has 3 aromatic carbocycles. The molecule has 4 N–H and O–H groups in total. The first-order valence-corrected chi connectivity index (χ1v) is 9.79. The lowest BCUT2D eigenvalue weighted by Gasteiger charge is -2.42. The van der Waals surface area contributed by atoms with E-state index in [1.54, 1.807) is 18.2 Å². The Morgan fingerprint density at radius 1 is 0.968 bits per heavy atom. The van der Waals surface area contributed by atoms with Crippen molar-refractivity contribution in [3.8, 4) is 5.75 Å². The summed E-state index contributed by atoms with van der Waals surface area (Å²) in [6, 6.07) is 23.0. The molecule has 2 unspecified atom stereocenters. The number of primary amides is 1. The number of methoxy groups -OCH3 is 1. The topological polar surface area (TPSA) is 102 Å². The van der Waals surface area contributed by atoms with Crippen molar-refractivity contribution in [2.45, 2.75) is 11.5 Å². The largest absolute Gasteiger partial charge is 0.508 e. The van der Waals surface area contributed by atoms with Crippen molar-refractivity contribution in [2.75, 3.05) is 12.4 Å². The fourth-order valence-electron chi connectivity index (χ4n) is 4.16. The number of phenolic OH excluding ortho intramolecular Hbond substituents is 1. The van der Waals surface area contributed by atoms with E-state index in [-0.39, 0.29) is 5.75 Å². The van der Waals surface area contributed by atoms with Crippen LogP contribution in [0.3, 0.4) is 0 Å². The number of phenols is 1. The van der Waals surface area contributed by atoms with Crippen molar-refractivity contribution in [1.82, 2.24) is 0 Å². The van der Waals surface area contributed by atoms with Gasteiger partial charge in [0.25, 0.3) is 0 Å². The maximum Gasteiger partial charge on any atom is 0.316 e. The Morgan fingerprint density at radius 3 is 2.26 bits per heavy atom. The van der Waals surface area contributed by atoms with Crippen LogP contribution in [0.2, 0.25) is 0 Å². The Hall–Kier alpha value is -4.06. The number of esters is 1. The number of rotatable bonds is 5. The van der Waals surface area contributed by atoms with Crippen molar-refractivity contribution in [3.05, 3.63) is 102 Å². The van der Waals surface area contributed by atoms with Crippen LogP contribution in [-0.4, -0.2) is 24.1 Å². The van der Waals surface area contributed by atoms with E-state index in [2.05, 4.69) is 5.32 Å². The summed E-state index contributed by atoms with van der Waals surface area (Å²) in [4.78, 5) is 25.6. The number of nitrogens with two attached hydrogens (primary N) is 1. The molecule has 1 aliphatic heterocycles. The van der Waals surface area contributed by atoms with Gasteiger partial charge in [0.15, 0.2) is 0 Å². The molecule has 0 aliphatic carbocycles. The van der Waals surface area contributed by atoms with E-state index in [1.807, 2.05) is 54.6 Å². The fraction of sp³-hybridized carbons (Fsp3) is 0.120. The predicted octanol–water partition coefficient (Wildman–Crippen LogP) is 3.54. The minimum Gasteiger partial charge on any atom is -0.508 e. The van der Waals surface area contributed by atoms with Gasteiger partial charge in [0.1, 0.15) is 11.7 Å². The summed E-state index contributed by atoms with van der Waals surface area (Å²) < 4.78 is 5.19. The molecule has 2 atom stereocenters. The highest BCUT2D eigenvalue weighted by atomic mass is 16.5. The molecule has 6 heteroatoms. The third kappa shape index (κ3) is 3.53. The van der Waals surface area contributed by atoms with Crippen molar-refractivity contribution in [2.24, 2.45) is 5.73 Å². The molecule has 0 radical (unpaired) electrons. The lowest BCUT2D eigenvalue weighted by Crippen LogP contribution is -2.46. The average Bonchev–Trinajstić information content (AvgIpc) is 2.80. The number of fused-ring (bicyclic) bond motifs is 1. The molecule has 0 fully saturated rings. The number of carbonyl (C=O) groups excluding carboxylic acids is 2. The van der Waals surface area contributed by atoms with Gasteiger partial charge >= 0.3 is 5.97 Å². The average molecular weight is 414 g/mol. The van der Waals surface area contributed by atoms with Gasteiger partial charge in [-0.05, 0) is 35.4 Å². The highest BCUT2D eigenvalue weighted by Gasteiger charge is 2.47. The zero-order chi connectivity index (χ0) is 22.0. The number of ether oxygens (including phenoxy) is 1. The third-order valence-electron chi connectivity index (χ3n) is 5.57. The van der Waals surface area contributed by atoms with Crippen LogP contribution in [0, 0.1) is 0 Å². The quantitative estimate of drug-likeness (QED) is 0.555. The van der Waals surface area contributed by atoms with Crippen LogP contribution in [0.5, 0.6) is 5.75 Å². The molecular weight excluding hydrogens is 392 g/mol. The Bertz CT molecular complexity index is 1160. The molecule has 0 aromatic heterocycles. The monoisotopic (exact) mass is 414 g/mol. The molecule has 1 amide bonds. The van der Waals surface area contributed by atoms with Gasteiger partial charge in [0.2, 0.25) is 5.91 Å². The summed E-state index contributed by atoms with van der Waals surface area (Å²) in [5.41, 5.74) is 7.62. The number of anilines is 1. The number of carbonyl (C=O) groups is 2. The van der Waals surface area contributed by atoms with Crippen molar-refractivity contribution < 1.29 is 19.4 Å². The van der Waals surface area contributed by atoms with Crippen LogP contribution >= 0.6 is 0 Å². The first-order chi connectivity index (χ1) is 15.0. The van der Waals surface area contributed by atoms with Gasteiger partial charge in [-0.2, -0.15) is 0 Å². The molecule has 1 heterocycles. The van der Waals surface area contributed by atoms with E-state index < -0.39 is 23.3 Å². The molecule has 6 nitrogen and oxygen atoms in total. The number of hydrogen-bond donors (Lipinski definition) is 3. The molecule has 4 rings (SSSR count). The second kappa shape index (κ2) is 7.99. The molecule has 0 spiro atoms. The molecule has 156 valence electrons. The van der Waals surface area contributed by atoms with Gasteiger partial charge in [-0.25, -0.2) is 0 Å². The molecule has 0 bridgehead atoms. The number of hydrogen-bond acceptors (Lipinski definition) is 5. The first kappa shape index (κ1) is 20.2. The van der Waals surface area contributed by atoms with E-state index in [0.29, 0.717) is 22.4 Å². The molecular formula is C25H22N2O4. The minimum absolute atomic E-state index is 0.0800. The zero-order valence-electron chi connectivity index (χ0n) is 16.9. The summed E-state index contributed by atoms with van der Waals surface area (Å²) >= 11 is 0. The number of para-hydroxylation sites is 1. The highest BCUT2D eigenvalue weighted by molar-refractivity contribution is 6.21. The SMILES string of the molecule is COC(=O)C(c1ccc(O)cc1)C1(c2ccccc2)C=C(C(N)=O)c2ccccc2N1. The standard InChI is InChI=1S/C25H22N2O4/c1-31-24(30)22(16-11-13-18(28)14-12-16)25(17-7-3-2-4-8-17)15-20(23(26)29)19-9-5-6-10-21(19)27-25/h2-15,22,27-28H,1H3,(H2,26,29). The molecule has 1 aliphatic rings. The summed E-state index contributed by atoms with van der Waals surface area (Å²) in [6.07, 6.45) is 1.71. The van der Waals surface area contributed by atoms with E-state index in [0.717, 1.165) is 5.56 Å². The van der Waals surface area contributed by atoms with Crippen LogP contribution in [-0.2, 0) is 19.9 Å². The van der Waals surface area contributed by atoms with Gasteiger partial charge in [0.05, 0.1) is 12.6 Å². The molecule has 3 aromatic rings. The highest BCUT2D eigenvalue weighted by Crippen LogP contribution is 2.47. The van der Waals surface area contributed by atoms with E-state index >= 15 is 0 Å². The second-order valence-electron chi connectivity index (χ2n) is 7.38. The van der Waals surface area contributed by atoms with Crippen LogP contribution in [0.4, 0.5) is 5.69 Å². The van der Waals surface area contributed by atoms with Crippen LogP contribution in [0.15, 0.2) is 84.9 Å². The van der Waals surface area contributed by atoms with Crippen molar-refractivity contribution >= 4 is 23.1 Å². The number of nitrogens with one attached hydrogen (secondary N) is 1. The van der Waals surface area contributed by atoms with E-state index in [9.17, 15) is 14.7 Å². The van der Waals surface area contributed by atoms with Gasteiger partial charge in [-0.15, -0.1) is 0 Å². The number of aromatic hydroxyl groups is 1. The van der Waals surface area contributed by atoms with Gasteiger partial charge < -0.3 is 20.9 Å². The second-order valence-corrected chi connectivity index (χ2v) is 7.38. The van der Waals surface area contributed by atoms with Gasteiger partial charge in [-0.3, -0.25) is 9.59 Å². The Balaban J connectivity index is 2.05. The van der Waals surface area contributed by atoms with Gasteiger partial charge in [-0.1, -0.05) is 60.7 Å².